The topological polar surface area (TPSA) is 21.3 Å². The fraction of sp³-hybridized carbons (Fsp3) is 0.200. The molecule has 0 aliphatic rings. The van der Waals surface area contributed by atoms with E-state index in [-0.39, 0.29) is 0 Å². The molecule has 2 aromatic carbocycles. The van der Waals surface area contributed by atoms with Gasteiger partial charge in [0.25, 0.3) is 0 Å². The van der Waals surface area contributed by atoms with Crippen LogP contribution >= 0.6 is 11.6 Å². The Morgan fingerprint density at radius 1 is 1.17 bits per heavy atom. The Kier molecular flexibility index (Phi) is 4.11. The van der Waals surface area contributed by atoms with E-state index in [4.69, 9.17) is 16.3 Å². The second-order valence-corrected chi connectivity index (χ2v) is 4.62. The van der Waals surface area contributed by atoms with Crippen LogP contribution in [-0.2, 0) is 6.54 Å². The maximum absolute atomic E-state index is 5.95. The van der Waals surface area contributed by atoms with Gasteiger partial charge in [-0.15, -0.1) is 0 Å². The van der Waals surface area contributed by atoms with E-state index >= 15 is 0 Å². The summed E-state index contributed by atoms with van der Waals surface area (Å²) in [6.07, 6.45) is 0. The summed E-state index contributed by atoms with van der Waals surface area (Å²) >= 11 is 5.95. The van der Waals surface area contributed by atoms with E-state index in [0.717, 1.165) is 28.6 Å². The van der Waals surface area contributed by atoms with Crippen molar-refractivity contribution in [3.63, 3.8) is 0 Å². The molecule has 0 aromatic heterocycles. The van der Waals surface area contributed by atoms with Gasteiger partial charge in [-0.1, -0.05) is 29.8 Å². The molecule has 0 atom stereocenters. The number of aryl methyl sites for hydroxylation is 1. The quantitative estimate of drug-likeness (QED) is 0.888. The van der Waals surface area contributed by atoms with Crippen LogP contribution in [0.1, 0.15) is 11.1 Å². The fourth-order valence-electron chi connectivity index (χ4n) is 1.79. The first-order valence-corrected chi connectivity index (χ1v) is 6.20. The molecule has 0 bridgehead atoms. The number of nitrogens with one attached hydrogen (secondary N) is 1. The minimum atomic E-state index is 0.722. The predicted octanol–water partition coefficient (Wildman–Crippen LogP) is 4.27. The number of benzene rings is 2. The van der Waals surface area contributed by atoms with Crippen molar-refractivity contribution >= 4 is 17.3 Å². The lowest BCUT2D eigenvalue weighted by molar-refractivity contribution is 0.416. The maximum atomic E-state index is 5.95. The number of ether oxygens (including phenoxy) is 1. The smallest absolute Gasteiger partial charge is 0.142 e. The fourth-order valence-corrected chi connectivity index (χ4v) is 2.00. The van der Waals surface area contributed by atoms with Gasteiger partial charge in [0.05, 0.1) is 12.8 Å². The minimum Gasteiger partial charge on any atom is -0.495 e. The van der Waals surface area contributed by atoms with Crippen molar-refractivity contribution in [3.05, 3.63) is 58.6 Å². The third kappa shape index (κ3) is 3.17. The van der Waals surface area contributed by atoms with Crippen molar-refractivity contribution in [2.75, 3.05) is 12.4 Å². The minimum absolute atomic E-state index is 0.722. The zero-order valence-electron chi connectivity index (χ0n) is 10.5. The molecule has 0 heterocycles. The molecule has 0 aliphatic heterocycles. The Balaban J connectivity index is 2.10. The summed E-state index contributed by atoms with van der Waals surface area (Å²) in [6, 6.07) is 13.9. The average molecular weight is 262 g/mol. The highest BCUT2D eigenvalue weighted by Crippen LogP contribution is 2.25. The molecule has 0 fully saturated rings. The van der Waals surface area contributed by atoms with Crippen molar-refractivity contribution in [3.8, 4) is 5.75 Å². The molecule has 0 saturated heterocycles. The first-order valence-electron chi connectivity index (χ1n) is 5.82. The summed E-state index contributed by atoms with van der Waals surface area (Å²) in [5.74, 6) is 0.858. The van der Waals surface area contributed by atoms with Crippen molar-refractivity contribution in [1.29, 1.82) is 0 Å². The molecule has 3 heteroatoms. The van der Waals surface area contributed by atoms with Crippen LogP contribution in [0.5, 0.6) is 5.75 Å². The molecule has 1 N–H and O–H groups in total. The molecular formula is C15H16ClNO. The number of methoxy groups -OCH3 is 1. The Hall–Kier alpha value is -1.67. The Bertz CT molecular complexity index is 540. The summed E-state index contributed by atoms with van der Waals surface area (Å²) in [4.78, 5) is 0. The van der Waals surface area contributed by atoms with Crippen LogP contribution in [0.2, 0.25) is 5.02 Å². The van der Waals surface area contributed by atoms with E-state index in [0.29, 0.717) is 0 Å². The van der Waals surface area contributed by atoms with E-state index in [2.05, 4.69) is 11.4 Å². The number of halogens is 1. The second kappa shape index (κ2) is 5.78. The van der Waals surface area contributed by atoms with E-state index in [9.17, 15) is 0 Å². The number of hydrogen-bond acceptors (Lipinski definition) is 2. The summed E-state index contributed by atoms with van der Waals surface area (Å²) < 4.78 is 5.35. The molecule has 0 spiro atoms. The highest BCUT2D eigenvalue weighted by atomic mass is 35.5. The van der Waals surface area contributed by atoms with Gasteiger partial charge in [-0.05, 0) is 42.3 Å². The van der Waals surface area contributed by atoms with Gasteiger partial charge in [-0.25, -0.2) is 0 Å². The van der Waals surface area contributed by atoms with Gasteiger partial charge >= 0.3 is 0 Å². The molecule has 2 aromatic rings. The molecule has 2 nitrogen and oxygen atoms in total. The first-order chi connectivity index (χ1) is 8.69. The molecular weight excluding hydrogens is 246 g/mol. The predicted molar refractivity (Wildman–Crippen MR) is 76.5 cm³/mol. The molecule has 0 amide bonds. The van der Waals surface area contributed by atoms with E-state index in [1.54, 1.807) is 7.11 Å². The third-order valence-electron chi connectivity index (χ3n) is 2.73. The SMILES string of the molecule is COc1cc(C)ccc1NCc1cccc(Cl)c1. The number of rotatable bonds is 4. The molecule has 94 valence electrons. The monoisotopic (exact) mass is 261 g/mol. The Labute approximate surface area is 113 Å². The van der Waals surface area contributed by atoms with Crippen LogP contribution in [0, 0.1) is 6.92 Å². The van der Waals surface area contributed by atoms with Crippen molar-refractivity contribution in [2.45, 2.75) is 13.5 Å². The zero-order valence-corrected chi connectivity index (χ0v) is 11.3. The van der Waals surface area contributed by atoms with Crippen molar-refractivity contribution < 1.29 is 4.74 Å². The summed E-state index contributed by atoms with van der Waals surface area (Å²) in [5.41, 5.74) is 3.31. The molecule has 2 rings (SSSR count). The van der Waals surface area contributed by atoms with E-state index in [1.165, 1.54) is 5.56 Å². The molecule has 0 unspecified atom stereocenters. The van der Waals surface area contributed by atoms with Crippen LogP contribution in [0.3, 0.4) is 0 Å². The zero-order chi connectivity index (χ0) is 13.0. The second-order valence-electron chi connectivity index (χ2n) is 4.19. The van der Waals surface area contributed by atoms with E-state index in [1.807, 2.05) is 43.3 Å². The van der Waals surface area contributed by atoms with Crippen LogP contribution in [0.15, 0.2) is 42.5 Å². The van der Waals surface area contributed by atoms with Gasteiger partial charge in [0.15, 0.2) is 0 Å². The van der Waals surface area contributed by atoms with Crippen LogP contribution in [-0.4, -0.2) is 7.11 Å². The van der Waals surface area contributed by atoms with Crippen molar-refractivity contribution in [2.24, 2.45) is 0 Å². The van der Waals surface area contributed by atoms with Crippen LogP contribution in [0.4, 0.5) is 5.69 Å². The standard InChI is InChI=1S/C15H16ClNO/c1-11-6-7-14(15(8-11)18-2)17-10-12-4-3-5-13(16)9-12/h3-9,17H,10H2,1-2H3. The average Bonchev–Trinajstić information content (AvgIpc) is 2.37. The van der Waals surface area contributed by atoms with Gasteiger partial charge < -0.3 is 10.1 Å². The molecule has 0 radical (unpaired) electrons. The van der Waals surface area contributed by atoms with Gasteiger partial charge in [-0.2, -0.15) is 0 Å². The van der Waals surface area contributed by atoms with Gasteiger partial charge in [0.2, 0.25) is 0 Å². The van der Waals surface area contributed by atoms with Gasteiger partial charge in [0, 0.05) is 11.6 Å². The van der Waals surface area contributed by atoms with Crippen LogP contribution < -0.4 is 10.1 Å². The third-order valence-corrected chi connectivity index (χ3v) is 2.96. The summed E-state index contributed by atoms with van der Waals surface area (Å²) in [7, 11) is 1.68. The largest absolute Gasteiger partial charge is 0.495 e. The molecule has 18 heavy (non-hydrogen) atoms. The van der Waals surface area contributed by atoms with Gasteiger partial charge in [0.1, 0.15) is 5.75 Å². The summed E-state index contributed by atoms with van der Waals surface area (Å²) in [5, 5.41) is 4.11. The Morgan fingerprint density at radius 3 is 2.72 bits per heavy atom. The number of anilines is 1. The molecule has 0 saturated carbocycles. The maximum Gasteiger partial charge on any atom is 0.142 e. The van der Waals surface area contributed by atoms with Crippen molar-refractivity contribution in [1.82, 2.24) is 0 Å². The highest BCUT2D eigenvalue weighted by Gasteiger charge is 2.02. The van der Waals surface area contributed by atoms with Crippen LogP contribution in [0.25, 0.3) is 0 Å². The van der Waals surface area contributed by atoms with Gasteiger partial charge in [-0.3, -0.25) is 0 Å². The lowest BCUT2D eigenvalue weighted by atomic mass is 10.2. The lowest BCUT2D eigenvalue weighted by Gasteiger charge is -2.12. The Morgan fingerprint density at radius 2 is 2.00 bits per heavy atom. The highest BCUT2D eigenvalue weighted by molar-refractivity contribution is 6.30. The normalized spacial score (nSPS) is 10.2. The number of hydrogen-bond donors (Lipinski definition) is 1. The van der Waals surface area contributed by atoms with E-state index < -0.39 is 0 Å². The summed E-state index contributed by atoms with van der Waals surface area (Å²) in [6.45, 7) is 2.77. The lowest BCUT2D eigenvalue weighted by Crippen LogP contribution is -2.01. The first kappa shape index (κ1) is 12.8. The molecule has 0 aliphatic carbocycles.